The lowest BCUT2D eigenvalue weighted by molar-refractivity contribution is 0.0419. The molecule has 0 aliphatic rings. The van der Waals surface area contributed by atoms with Crippen molar-refractivity contribution in [2.45, 2.75) is 122 Å². The van der Waals surface area contributed by atoms with Gasteiger partial charge in [-0.15, -0.1) is 0 Å². The highest BCUT2D eigenvalue weighted by molar-refractivity contribution is 6.63. The van der Waals surface area contributed by atoms with Crippen molar-refractivity contribution in [3.8, 4) is 0 Å². The predicted molar refractivity (Wildman–Crippen MR) is 226 cm³/mol. The van der Waals surface area contributed by atoms with Crippen LogP contribution < -0.4 is 0 Å². The van der Waals surface area contributed by atoms with Gasteiger partial charge in [0.1, 0.15) is 0 Å². The maximum atomic E-state index is 6.03. The van der Waals surface area contributed by atoms with Gasteiger partial charge in [0.15, 0.2) is 0 Å². The van der Waals surface area contributed by atoms with Crippen molar-refractivity contribution in [3.63, 3.8) is 0 Å². The van der Waals surface area contributed by atoms with Crippen LogP contribution in [0.3, 0.4) is 0 Å². The summed E-state index contributed by atoms with van der Waals surface area (Å²) in [6.45, 7) is 38.8. The van der Waals surface area contributed by atoms with Gasteiger partial charge in [-0.3, -0.25) is 4.90 Å². The molecule has 0 spiro atoms. The molecule has 0 atom stereocenters. The normalized spacial score (nSPS) is 12.9. The Labute approximate surface area is 336 Å². The van der Waals surface area contributed by atoms with E-state index in [0.29, 0.717) is 91.6 Å². The summed E-state index contributed by atoms with van der Waals surface area (Å²) in [6, 6.07) is 1.57. The molecular weight excluding hydrogens is 765 g/mol. The Hall–Kier alpha value is 0.308. The minimum absolute atomic E-state index is 0.567. The van der Waals surface area contributed by atoms with Crippen LogP contribution in [0, 0.1) is 0 Å². The third-order valence-electron chi connectivity index (χ3n) is 7.75. The van der Waals surface area contributed by atoms with E-state index in [1.807, 2.05) is 83.1 Å². The van der Waals surface area contributed by atoms with Crippen LogP contribution >= 0.6 is 0 Å². The standard InChI is InChI=1S/C19H45NO6Si2.C17H41NO6Si2/c1-8-15-20(16-18-27(21-9-2,22-10-3)23-11-4)17-19-28(24-12-5,25-13-6)26-14-7;1-8-15-18(16-25(19-9-2,20-10-3)21-11-4)17-26(22-12-5,23-13-6)24-14-7/h8-19H2,1-7H3;8-17H2,1-7H3. The number of hydrogen-bond donors (Lipinski definition) is 0. The first-order chi connectivity index (χ1) is 26.0. The molecular formula is C36H86N2O12Si4. The second-order valence-corrected chi connectivity index (χ2v) is 22.5. The molecule has 0 aromatic rings. The van der Waals surface area contributed by atoms with Gasteiger partial charge < -0.3 is 58.0 Å². The maximum absolute atomic E-state index is 6.03. The van der Waals surface area contributed by atoms with Crippen molar-refractivity contribution < 1.29 is 53.1 Å². The molecule has 14 nitrogen and oxygen atoms in total. The van der Waals surface area contributed by atoms with Gasteiger partial charge in [-0.05, 0) is 109 Å². The third-order valence-corrected chi connectivity index (χ3v) is 19.8. The monoisotopic (exact) mass is 851 g/mol. The second kappa shape index (κ2) is 35.3. The van der Waals surface area contributed by atoms with E-state index in [4.69, 9.17) is 53.1 Å². The SMILES string of the molecule is CCCN(CC[Si](OCC)(OCC)OCC)CC[Si](OCC)(OCC)OCC.CCCN(C[Si](OCC)(OCC)OCC)C[Si](OCC)(OCC)OCC. The van der Waals surface area contributed by atoms with Gasteiger partial charge in [0.2, 0.25) is 0 Å². The van der Waals surface area contributed by atoms with E-state index in [-0.39, 0.29) is 0 Å². The molecule has 0 unspecified atom stereocenters. The Morgan fingerprint density at radius 1 is 0.259 bits per heavy atom. The molecule has 0 radical (unpaired) electrons. The number of hydrogen-bond acceptors (Lipinski definition) is 14. The molecule has 0 N–H and O–H groups in total. The highest BCUT2D eigenvalue weighted by atomic mass is 28.4. The zero-order valence-electron chi connectivity index (χ0n) is 37.3. The van der Waals surface area contributed by atoms with Crippen LogP contribution in [-0.2, 0) is 53.1 Å². The molecule has 0 aliphatic carbocycles. The van der Waals surface area contributed by atoms with E-state index in [1.54, 1.807) is 0 Å². The van der Waals surface area contributed by atoms with Gasteiger partial charge in [-0.25, -0.2) is 0 Å². The highest BCUT2D eigenvalue weighted by Crippen LogP contribution is 2.21. The van der Waals surface area contributed by atoms with E-state index in [1.165, 1.54) is 0 Å². The average Bonchev–Trinajstić information content (AvgIpc) is 3.11. The van der Waals surface area contributed by atoms with Gasteiger partial charge in [-0.1, -0.05) is 13.8 Å². The topological polar surface area (TPSA) is 117 Å². The van der Waals surface area contributed by atoms with Crippen LogP contribution in [0.5, 0.6) is 0 Å². The van der Waals surface area contributed by atoms with Gasteiger partial charge in [-0.2, -0.15) is 0 Å². The van der Waals surface area contributed by atoms with Crippen LogP contribution in [0.4, 0.5) is 0 Å². The van der Waals surface area contributed by atoms with E-state index >= 15 is 0 Å². The molecule has 0 rings (SSSR count). The molecule has 0 aromatic carbocycles. The third kappa shape index (κ3) is 23.6. The first-order valence-corrected chi connectivity index (χ1v) is 28.9. The van der Waals surface area contributed by atoms with Crippen molar-refractivity contribution in [1.82, 2.24) is 9.80 Å². The van der Waals surface area contributed by atoms with E-state index in [0.717, 1.165) is 51.1 Å². The maximum Gasteiger partial charge on any atom is 0.515 e. The van der Waals surface area contributed by atoms with Crippen molar-refractivity contribution in [2.75, 3.05) is 118 Å². The van der Waals surface area contributed by atoms with Crippen molar-refractivity contribution >= 4 is 35.2 Å². The summed E-state index contributed by atoms with van der Waals surface area (Å²) in [5, 5.41) is 0. The molecule has 0 heterocycles. The lowest BCUT2D eigenvalue weighted by Crippen LogP contribution is -2.61. The van der Waals surface area contributed by atoms with Crippen molar-refractivity contribution in [1.29, 1.82) is 0 Å². The van der Waals surface area contributed by atoms with Crippen LogP contribution in [0.1, 0.15) is 110 Å². The predicted octanol–water partition coefficient (Wildman–Crippen LogP) is 6.67. The minimum atomic E-state index is -2.78. The minimum Gasteiger partial charge on any atom is -0.374 e. The Balaban J connectivity index is 0. The lowest BCUT2D eigenvalue weighted by Gasteiger charge is -2.37. The fourth-order valence-electron chi connectivity index (χ4n) is 6.17. The molecule has 18 heteroatoms. The fourth-order valence-corrected chi connectivity index (χ4v) is 16.9. The zero-order chi connectivity index (χ0) is 41.2. The number of rotatable bonds is 38. The van der Waals surface area contributed by atoms with E-state index in [9.17, 15) is 0 Å². The largest absolute Gasteiger partial charge is 0.515 e. The Bertz CT molecular complexity index is 706. The highest BCUT2D eigenvalue weighted by Gasteiger charge is 2.48. The summed E-state index contributed by atoms with van der Waals surface area (Å²) in [5.41, 5.74) is 0. The van der Waals surface area contributed by atoms with Gasteiger partial charge >= 0.3 is 35.2 Å². The Kier molecular flexibility index (Phi) is 36.8. The van der Waals surface area contributed by atoms with Gasteiger partial charge in [0.25, 0.3) is 0 Å². The van der Waals surface area contributed by atoms with Gasteiger partial charge in [0.05, 0.1) is 12.3 Å². The first kappa shape index (κ1) is 56.4. The fraction of sp³-hybridized carbons (Fsp3) is 1.00. The average molecular weight is 851 g/mol. The molecule has 0 aromatic heterocycles. The lowest BCUT2D eigenvalue weighted by atomic mass is 10.4. The zero-order valence-corrected chi connectivity index (χ0v) is 41.3. The smallest absolute Gasteiger partial charge is 0.374 e. The summed E-state index contributed by atoms with van der Waals surface area (Å²) in [4.78, 5) is 4.71. The van der Waals surface area contributed by atoms with Crippen LogP contribution in [0.25, 0.3) is 0 Å². The molecule has 328 valence electrons. The summed E-state index contributed by atoms with van der Waals surface area (Å²) in [6.07, 6.45) is 3.30. The van der Waals surface area contributed by atoms with Crippen LogP contribution in [-0.4, -0.2) is 163 Å². The van der Waals surface area contributed by atoms with E-state index < -0.39 is 35.2 Å². The molecule has 0 amide bonds. The first-order valence-electron chi connectivity index (χ1n) is 21.1. The second-order valence-electron chi connectivity index (χ2n) is 12.0. The summed E-state index contributed by atoms with van der Waals surface area (Å²) in [7, 11) is -10.8. The Morgan fingerprint density at radius 3 is 0.667 bits per heavy atom. The van der Waals surface area contributed by atoms with Crippen LogP contribution in [0.2, 0.25) is 12.1 Å². The summed E-state index contributed by atoms with van der Waals surface area (Å²) < 4.78 is 72.2. The van der Waals surface area contributed by atoms with Crippen molar-refractivity contribution in [2.24, 2.45) is 0 Å². The quantitative estimate of drug-likeness (QED) is 0.0616. The molecule has 0 saturated carbocycles. The Morgan fingerprint density at radius 2 is 0.463 bits per heavy atom. The molecule has 0 saturated heterocycles. The summed E-state index contributed by atoms with van der Waals surface area (Å²) >= 11 is 0. The molecule has 0 fully saturated rings. The van der Waals surface area contributed by atoms with Gasteiger partial charge in [0, 0.05) is 104 Å². The molecule has 0 bridgehead atoms. The van der Waals surface area contributed by atoms with Crippen LogP contribution in [0.15, 0.2) is 0 Å². The molecule has 0 aliphatic heterocycles. The number of nitrogens with zero attached hydrogens (tertiary/aromatic N) is 2. The van der Waals surface area contributed by atoms with E-state index in [2.05, 4.69) is 23.6 Å². The van der Waals surface area contributed by atoms with Crippen molar-refractivity contribution in [3.05, 3.63) is 0 Å². The molecule has 54 heavy (non-hydrogen) atoms. The summed E-state index contributed by atoms with van der Waals surface area (Å²) in [5.74, 6) is 0.